The number of amides is 1. The average molecular weight is 264 g/mol. The van der Waals surface area contributed by atoms with Crippen molar-refractivity contribution >= 4 is 11.9 Å². The van der Waals surface area contributed by atoms with Crippen LogP contribution in [0.3, 0.4) is 0 Å². The molecule has 1 aromatic heterocycles. The summed E-state index contributed by atoms with van der Waals surface area (Å²) in [7, 11) is 0. The summed E-state index contributed by atoms with van der Waals surface area (Å²) in [5.41, 5.74) is -0.760. The van der Waals surface area contributed by atoms with E-state index in [2.05, 4.69) is 4.98 Å². The Morgan fingerprint density at radius 2 is 2.00 bits per heavy atom. The average Bonchev–Trinajstić information content (AvgIpc) is 2.39. The summed E-state index contributed by atoms with van der Waals surface area (Å²) >= 11 is 0. The number of carbonyl (C=O) groups excluding carboxylic acids is 1. The van der Waals surface area contributed by atoms with Crippen molar-refractivity contribution in [3.63, 3.8) is 0 Å². The van der Waals surface area contributed by atoms with Gasteiger partial charge in [0.05, 0.1) is 5.41 Å². The largest absolute Gasteiger partial charge is 0.505 e. The summed E-state index contributed by atoms with van der Waals surface area (Å²) in [5, 5.41) is 18.7. The number of carbonyl (C=O) groups is 2. The van der Waals surface area contributed by atoms with E-state index in [4.69, 9.17) is 5.11 Å². The van der Waals surface area contributed by atoms with E-state index in [1.54, 1.807) is 13.0 Å². The number of piperidine rings is 1. The Hall–Kier alpha value is -2.11. The highest BCUT2D eigenvalue weighted by atomic mass is 16.4. The smallest absolute Gasteiger partial charge is 0.309 e. The van der Waals surface area contributed by atoms with Crippen molar-refractivity contribution < 1.29 is 19.8 Å². The Morgan fingerprint density at radius 1 is 1.37 bits per heavy atom. The number of rotatable bonds is 2. The number of pyridine rings is 1. The van der Waals surface area contributed by atoms with Crippen molar-refractivity contribution in [2.75, 3.05) is 13.1 Å². The molecule has 6 heteroatoms. The number of aliphatic carboxylic acids is 1. The number of carboxylic acids is 1. The molecule has 2 rings (SSSR count). The van der Waals surface area contributed by atoms with Crippen molar-refractivity contribution in [2.24, 2.45) is 5.41 Å². The van der Waals surface area contributed by atoms with Gasteiger partial charge in [0.25, 0.3) is 5.91 Å². The minimum absolute atomic E-state index is 0.0152. The zero-order chi connectivity index (χ0) is 14.0. The Morgan fingerprint density at radius 3 is 2.53 bits per heavy atom. The summed E-state index contributed by atoms with van der Waals surface area (Å²) < 4.78 is 0. The molecule has 1 amide bonds. The van der Waals surface area contributed by atoms with Gasteiger partial charge in [-0.3, -0.25) is 9.59 Å². The molecule has 1 fully saturated rings. The molecule has 102 valence electrons. The van der Waals surface area contributed by atoms with E-state index in [1.807, 2.05) is 0 Å². The minimum Gasteiger partial charge on any atom is -0.505 e. The van der Waals surface area contributed by atoms with Crippen molar-refractivity contribution in [3.05, 3.63) is 24.0 Å². The van der Waals surface area contributed by atoms with E-state index >= 15 is 0 Å². The molecular weight excluding hydrogens is 248 g/mol. The van der Waals surface area contributed by atoms with E-state index in [0.29, 0.717) is 25.9 Å². The molecule has 0 spiro atoms. The maximum Gasteiger partial charge on any atom is 0.309 e. The molecule has 1 aliphatic rings. The van der Waals surface area contributed by atoms with Crippen LogP contribution in [0.2, 0.25) is 0 Å². The van der Waals surface area contributed by atoms with E-state index in [1.165, 1.54) is 17.2 Å². The fourth-order valence-corrected chi connectivity index (χ4v) is 2.13. The van der Waals surface area contributed by atoms with Crippen LogP contribution < -0.4 is 0 Å². The van der Waals surface area contributed by atoms with Crippen LogP contribution in [0.15, 0.2) is 18.3 Å². The highest BCUT2D eigenvalue weighted by Gasteiger charge is 2.38. The summed E-state index contributed by atoms with van der Waals surface area (Å²) in [5.74, 6) is -1.34. The lowest BCUT2D eigenvalue weighted by Gasteiger charge is -2.36. The third kappa shape index (κ3) is 2.52. The van der Waals surface area contributed by atoms with Gasteiger partial charge in [-0.15, -0.1) is 0 Å². The van der Waals surface area contributed by atoms with Gasteiger partial charge >= 0.3 is 5.97 Å². The van der Waals surface area contributed by atoms with Gasteiger partial charge < -0.3 is 15.1 Å². The molecule has 0 unspecified atom stereocenters. The fourth-order valence-electron chi connectivity index (χ4n) is 2.13. The van der Waals surface area contributed by atoms with Gasteiger partial charge in [0.2, 0.25) is 0 Å². The van der Waals surface area contributed by atoms with Gasteiger partial charge in [0.1, 0.15) is 5.75 Å². The van der Waals surface area contributed by atoms with Gasteiger partial charge in [0, 0.05) is 19.3 Å². The molecule has 19 heavy (non-hydrogen) atoms. The first-order chi connectivity index (χ1) is 8.94. The molecule has 0 aliphatic carbocycles. The summed E-state index contributed by atoms with van der Waals surface area (Å²) in [6, 6.07) is 2.95. The van der Waals surface area contributed by atoms with Gasteiger partial charge in [-0.25, -0.2) is 4.98 Å². The first kappa shape index (κ1) is 13.3. The van der Waals surface area contributed by atoms with E-state index < -0.39 is 11.4 Å². The number of aromatic nitrogens is 1. The predicted octanol–water partition coefficient (Wildman–Crippen LogP) is 1.11. The van der Waals surface area contributed by atoms with Gasteiger partial charge in [0.15, 0.2) is 5.69 Å². The third-order valence-corrected chi connectivity index (χ3v) is 3.66. The zero-order valence-corrected chi connectivity index (χ0v) is 10.7. The SMILES string of the molecule is CC1(C(=O)O)CCN(C(=O)c2ncccc2O)CC1. The zero-order valence-electron chi connectivity index (χ0n) is 10.7. The number of hydrogen-bond acceptors (Lipinski definition) is 4. The molecule has 6 nitrogen and oxygen atoms in total. The lowest BCUT2D eigenvalue weighted by molar-refractivity contribution is -0.150. The molecular formula is C13H16N2O4. The predicted molar refractivity (Wildman–Crippen MR) is 66.8 cm³/mol. The van der Waals surface area contributed by atoms with Crippen LogP contribution in [-0.4, -0.2) is 45.1 Å². The van der Waals surface area contributed by atoms with Gasteiger partial charge in [-0.1, -0.05) is 0 Å². The van der Waals surface area contributed by atoms with Crippen LogP contribution in [0.25, 0.3) is 0 Å². The third-order valence-electron chi connectivity index (χ3n) is 3.66. The molecule has 0 saturated carbocycles. The summed E-state index contributed by atoms with van der Waals surface area (Å²) in [4.78, 5) is 28.7. The van der Waals surface area contributed by atoms with E-state index in [-0.39, 0.29) is 17.4 Å². The standard InChI is InChI=1S/C13H16N2O4/c1-13(12(18)19)4-7-15(8-5-13)11(17)10-9(16)3-2-6-14-10/h2-3,6,16H,4-5,7-8H2,1H3,(H,18,19). The van der Waals surface area contributed by atoms with Crippen LogP contribution >= 0.6 is 0 Å². The quantitative estimate of drug-likeness (QED) is 0.835. The number of aromatic hydroxyl groups is 1. The molecule has 1 saturated heterocycles. The van der Waals surface area contributed by atoms with Crippen LogP contribution in [-0.2, 0) is 4.79 Å². The van der Waals surface area contributed by atoms with Crippen LogP contribution in [0.5, 0.6) is 5.75 Å². The monoisotopic (exact) mass is 264 g/mol. The van der Waals surface area contributed by atoms with Gasteiger partial charge in [-0.05, 0) is 31.9 Å². The van der Waals surface area contributed by atoms with E-state index in [0.717, 1.165) is 0 Å². The van der Waals surface area contributed by atoms with Crippen molar-refractivity contribution in [3.8, 4) is 5.75 Å². The van der Waals surface area contributed by atoms with Crippen molar-refractivity contribution in [1.82, 2.24) is 9.88 Å². The normalized spacial score (nSPS) is 18.1. The minimum atomic E-state index is -0.833. The lowest BCUT2D eigenvalue weighted by atomic mass is 9.80. The highest BCUT2D eigenvalue weighted by molar-refractivity contribution is 5.95. The Labute approximate surface area is 110 Å². The Balaban J connectivity index is 2.08. The molecule has 1 aliphatic heterocycles. The number of nitrogens with zero attached hydrogens (tertiary/aromatic N) is 2. The molecule has 0 aromatic carbocycles. The summed E-state index contributed by atoms with van der Waals surface area (Å²) in [6.07, 6.45) is 2.25. The van der Waals surface area contributed by atoms with Gasteiger partial charge in [-0.2, -0.15) is 0 Å². The Kier molecular flexibility index (Phi) is 3.42. The van der Waals surface area contributed by atoms with Crippen molar-refractivity contribution in [2.45, 2.75) is 19.8 Å². The Bertz CT molecular complexity index is 507. The molecule has 0 radical (unpaired) electrons. The maximum absolute atomic E-state index is 12.2. The van der Waals surface area contributed by atoms with Crippen LogP contribution in [0.4, 0.5) is 0 Å². The fraction of sp³-hybridized carbons (Fsp3) is 0.462. The second kappa shape index (κ2) is 4.87. The number of likely N-dealkylation sites (tertiary alicyclic amines) is 1. The second-order valence-electron chi connectivity index (χ2n) is 5.03. The first-order valence-corrected chi connectivity index (χ1v) is 6.11. The van der Waals surface area contributed by atoms with E-state index in [9.17, 15) is 14.7 Å². The second-order valence-corrected chi connectivity index (χ2v) is 5.03. The molecule has 0 bridgehead atoms. The first-order valence-electron chi connectivity index (χ1n) is 6.11. The molecule has 2 heterocycles. The van der Waals surface area contributed by atoms with Crippen LogP contribution in [0.1, 0.15) is 30.3 Å². The molecule has 2 N–H and O–H groups in total. The number of hydrogen-bond donors (Lipinski definition) is 2. The molecule has 1 aromatic rings. The highest BCUT2D eigenvalue weighted by Crippen LogP contribution is 2.31. The van der Waals surface area contributed by atoms with Crippen LogP contribution in [0, 0.1) is 5.41 Å². The number of carboxylic acid groups (broad SMARTS) is 1. The maximum atomic E-state index is 12.2. The van der Waals surface area contributed by atoms with Crippen molar-refractivity contribution in [1.29, 1.82) is 0 Å². The summed E-state index contributed by atoms with van der Waals surface area (Å²) in [6.45, 7) is 2.41. The lowest BCUT2D eigenvalue weighted by Crippen LogP contribution is -2.45. The topological polar surface area (TPSA) is 90.7 Å². The molecule has 0 atom stereocenters.